The maximum absolute atomic E-state index is 10.5. The molecule has 0 fully saturated rings. The average molecular weight is 351 g/mol. The molecule has 0 radical (unpaired) electrons. The van der Waals surface area contributed by atoms with Gasteiger partial charge >= 0.3 is 0 Å². The molecule has 0 saturated carbocycles. The van der Waals surface area contributed by atoms with Crippen molar-refractivity contribution >= 4 is 16.8 Å². The standard InChI is InChI=1S/C22H35ClO/c1-2-3-4-5-6-7-8-9-10-11-12-13-14-15-16-17-18-19-20-21-22(23)24/h8-9,11-12,14-15,17-18H,2-7,10,13,16,19-21H2,1H3/b9-8-,12-11-,15-14-,18-17-. The van der Waals surface area contributed by atoms with Gasteiger partial charge in [-0.15, -0.1) is 0 Å². The monoisotopic (exact) mass is 350 g/mol. The van der Waals surface area contributed by atoms with Crippen LogP contribution in [0.25, 0.3) is 0 Å². The number of allylic oxidation sites excluding steroid dienone is 8. The second-order valence-corrected chi connectivity index (χ2v) is 6.46. The van der Waals surface area contributed by atoms with E-state index in [-0.39, 0.29) is 5.24 Å². The van der Waals surface area contributed by atoms with Crippen molar-refractivity contribution in [3.63, 3.8) is 0 Å². The van der Waals surface area contributed by atoms with E-state index in [1.807, 2.05) is 0 Å². The molecule has 0 amide bonds. The van der Waals surface area contributed by atoms with Gasteiger partial charge in [-0.25, -0.2) is 0 Å². The summed E-state index contributed by atoms with van der Waals surface area (Å²) in [5.41, 5.74) is 0. The molecule has 0 aromatic heterocycles. The lowest BCUT2D eigenvalue weighted by molar-refractivity contribution is -0.111. The summed E-state index contributed by atoms with van der Waals surface area (Å²) in [6, 6.07) is 0. The van der Waals surface area contributed by atoms with Crippen LogP contribution in [0.2, 0.25) is 0 Å². The highest BCUT2D eigenvalue weighted by molar-refractivity contribution is 6.63. The van der Waals surface area contributed by atoms with Gasteiger partial charge in [0.2, 0.25) is 5.24 Å². The Balaban J connectivity index is 3.38. The molecule has 0 rings (SSSR count). The first kappa shape index (κ1) is 22.9. The molecule has 1 nitrogen and oxygen atoms in total. The molecule has 0 aliphatic heterocycles. The van der Waals surface area contributed by atoms with Crippen molar-refractivity contribution in [1.29, 1.82) is 0 Å². The third-order valence-corrected chi connectivity index (χ3v) is 3.89. The third kappa shape index (κ3) is 20.9. The van der Waals surface area contributed by atoms with E-state index in [0.29, 0.717) is 6.42 Å². The van der Waals surface area contributed by atoms with E-state index >= 15 is 0 Å². The van der Waals surface area contributed by atoms with Crippen molar-refractivity contribution in [2.45, 2.75) is 84.0 Å². The smallest absolute Gasteiger partial charge is 0.221 e. The van der Waals surface area contributed by atoms with Crippen LogP contribution in [0.15, 0.2) is 48.6 Å². The van der Waals surface area contributed by atoms with E-state index in [0.717, 1.165) is 32.1 Å². The minimum absolute atomic E-state index is 0.239. The highest BCUT2D eigenvalue weighted by Crippen LogP contribution is 2.05. The highest BCUT2D eigenvalue weighted by Gasteiger charge is 1.92. The zero-order valence-electron chi connectivity index (χ0n) is 15.4. The average Bonchev–Trinajstić information content (AvgIpc) is 2.56. The van der Waals surface area contributed by atoms with Crippen LogP contribution < -0.4 is 0 Å². The Bertz CT molecular complexity index is 391. The molecule has 0 aromatic carbocycles. The van der Waals surface area contributed by atoms with Gasteiger partial charge < -0.3 is 0 Å². The molecule has 0 saturated heterocycles. The van der Waals surface area contributed by atoms with E-state index in [4.69, 9.17) is 11.6 Å². The first-order chi connectivity index (χ1) is 11.8. The predicted octanol–water partition coefficient (Wildman–Crippen LogP) is 7.68. The van der Waals surface area contributed by atoms with Gasteiger partial charge in [-0.1, -0.05) is 81.2 Å². The maximum atomic E-state index is 10.5. The molecule has 0 bridgehead atoms. The van der Waals surface area contributed by atoms with E-state index < -0.39 is 0 Å². The van der Waals surface area contributed by atoms with Crippen LogP contribution in [0.5, 0.6) is 0 Å². The Kier molecular flexibility index (Phi) is 19.1. The number of hydrogen-bond donors (Lipinski definition) is 0. The van der Waals surface area contributed by atoms with Gasteiger partial charge in [0, 0.05) is 6.42 Å². The largest absolute Gasteiger partial charge is 0.281 e. The lowest BCUT2D eigenvalue weighted by Gasteiger charge is -1.95. The van der Waals surface area contributed by atoms with Gasteiger partial charge in [0.1, 0.15) is 0 Å². The molecule has 0 N–H and O–H groups in total. The summed E-state index contributed by atoms with van der Waals surface area (Å²) < 4.78 is 0. The van der Waals surface area contributed by atoms with E-state index in [1.165, 1.54) is 38.5 Å². The van der Waals surface area contributed by atoms with Crippen LogP contribution in [0.4, 0.5) is 0 Å². The Labute approximate surface area is 154 Å². The quantitative estimate of drug-likeness (QED) is 0.158. The summed E-state index contributed by atoms with van der Waals surface area (Å²) in [6.07, 6.45) is 30.9. The third-order valence-electron chi connectivity index (χ3n) is 3.70. The summed E-state index contributed by atoms with van der Waals surface area (Å²) in [6.45, 7) is 2.26. The second kappa shape index (κ2) is 20.0. The number of unbranched alkanes of at least 4 members (excludes halogenated alkanes) is 6. The molecule has 2 heteroatoms. The Hall–Kier alpha value is -1.08. The molecule has 24 heavy (non-hydrogen) atoms. The molecule has 0 atom stereocenters. The van der Waals surface area contributed by atoms with Crippen molar-refractivity contribution in [1.82, 2.24) is 0 Å². The molecular formula is C22H35ClO. The first-order valence-electron chi connectivity index (χ1n) is 9.55. The number of carbonyl (C=O) groups excluding carboxylic acids is 1. The number of halogens is 1. The van der Waals surface area contributed by atoms with Crippen LogP contribution in [0.3, 0.4) is 0 Å². The lowest BCUT2D eigenvalue weighted by atomic mass is 10.1. The SMILES string of the molecule is CCCCCCC/C=C\C/C=C\C/C=C\C/C=C\CCCC(=O)Cl. The molecule has 0 spiro atoms. The zero-order valence-corrected chi connectivity index (χ0v) is 16.1. The van der Waals surface area contributed by atoms with Gasteiger partial charge in [0.15, 0.2) is 0 Å². The van der Waals surface area contributed by atoms with Gasteiger partial charge in [-0.3, -0.25) is 4.79 Å². The summed E-state index contributed by atoms with van der Waals surface area (Å²) in [7, 11) is 0. The van der Waals surface area contributed by atoms with Crippen LogP contribution >= 0.6 is 11.6 Å². The lowest BCUT2D eigenvalue weighted by Crippen LogP contribution is -1.83. The van der Waals surface area contributed by atoms with Crippen molar-refractivity contribution in [2.75, 3.05) is 0 Å². The maximum Gasteiger partial charge on any atom is 0.221 e. The Morgan fingerprint density at radius 1 is 0.667 bits per heavy atom. The van der Waals surface area contributed by atoms with Crippen LogP contribution in [0, 0.1) is 0 Å². The van der Waals surface area contributed by atoms with Crippen molar-refractivity contribution in [3.05, 3.63) is 48.6 Å². The fourth-order valence-electron chi connectivity index (χ4n) is 2.27. The molecule has 0 aromatic rings. The topological polar surface area (TPSA) is 17.1 Å². The number of hydrogen-bond acceptors (Lipinski definition) is 1. The van der Waals surface area contributed by atoms with Gasteiger partial charge in [0.25, 0.3) is 0 Å². The van der Waals surface area contributed by atoms with Crippen molar-refractivity contribution in [2.24, 2.45) is 0 Å². The Morgan fingerprint density at radius 2 is 1.12 bits per heavy atom. The van der Waals surface area contributed by atoms with E-state index in [1.54, 1.807) is 0 Å². The Morgan fingerprint density at radius 3 is 1.62 bits per heavy atom. The minimum atomic E-state index is -0.239. The summed E-state index contributed by atoms with van der Waals surface area (Å²) >= 11 is 5.27. The van der Waals surface area contributed by atoms with Crippen LogP contribution in [-0.4, -0.2) is 5.24 Å². The summed E-state index contributed by atoms with van der Waals surface area (Å²) in [5, 5.41) is -0.239. The van der Waals surface area contributed by atoms with Crippen molar-refractivity contribution in [3.8, 4) is 0 Å². The second-order valence-electron chi connectivity index (χ2n) is 6.04. The number of carbonyl (C=O) groups is 1. The highest BCUT2D eigenvalue weighted by atomic mass is 35.5. The number of rotatable bonds is 16. The van der Waals surface area contributed by atoms with Gasteiger partial charge in [0.05, 0.1) is 0 Å². The fraction of sp³-hybridized carbons (Fsp3) is 0.591. The van der Waals surface area contributed by atoms with Crippen LogP contribution in [0.1, 0.15) is 84.0 Å². The molecule has 0 unspecified atom stereocenters. The first-order valence-corrected chi connectivity index (χ1v) is 9.93. The van der Waals surface area contributed by atoms with Crippen molar-refractivity contribution < 1.29 is 4.79 Å². The van der Waals surface area contributed by atoms with Crippen LogP contribution in [-0.2, 0) is 4.79 Å². The summed E-state index contributed by atoms with van der Waals surface area (Å²) in [4.78, 5) is 10.5. The molecule has 136 valence electrons. The van der Waals surface area contributed by atoms with E-state index in [2.05, 4.69) is 55.5 Å². The normalized spacial score (nSPS) is 12.4. The fourth-order valence-corrected chi connectivity index (χ4v) is 2.41. The summed E-state index contributed by atoms with van der Waals surface area (Å²) in [5.74, 6) is 0. The van der Waals surface area contributed by atoms with Gasteiger partial charge in [-0.2, -0.15) is 0 Å². The molecule has 0 heterocycles. The van der Waals surface area contributed by atoms with E-state index in [9.17, 15) is 4.79 Å². The van der Waals surface area contributed by atoms with Gasteiger partial charge in [-0.05, 0) is 56.5 Å². The molecule has 0 aliphatic carbocycles. The minimum Gasteiger partial charge on any atom is -0.281 e. The zero-order chi connectivity index (χ0) is 17.7. The molecular weight excluding hydrogens is 316 g/mol. The predicted molar refractivity (Wildman–Crippen MR) is 108 cm³/mol. The molecule has 0 aliphatic rings.